The Morgan fingerprint density at radius 3 is 2.57 bits per heavy atom. The Hall–Kier alpha value is -2.14. The number of ether oxygens (including phenoxy) is 1. The van der Waals surface area contributed by atoms with E-state index in [2.05, 4.69) is 51.8 Å². The van der Waals surface area contributed by atoms with E-state index in [0.29, 0.717) is 19.1 Å². The van der Waals surface area contributed by atoms with Crippen LogP contribution in [-0.4, -0.2) is 30.2 Å². The zero-order chi connectivity index (χ0) is 15.1. The monoisotopic (exact) mass is 286 g/mol. The number of rotatable bonds is 7. The van der Waals surface area contributed by atoms with Gasteiger partial charge in [0, 0.05) is 31.1 Å². The van der Waals surface area contributed by atoms with Gasteiger partial charge in [-0.2, -0.15) is 4.98 Å². The van der Waals surface area contributed by atoms with E-state index in [0.717, 1.165) is 23.6 Å². The van der Waals surface area contributed by atoms with Gasteiger partial charge in [-0.15, -0.1) is 0 Å². The Balaban J connectivity index is 2.07. The predicted molar refractivity (Wildman–Crippen MR) is 86.2 cm³/mol. The number of aromatic nitrogens is 2. The molecule has 112 valence electrons. The van der Waals surface area contributed by atoms with E-state index in [4.69, 9.17) is 4.74 Å². The van der Waals surface area contributed by atoms with Crippen LogP contribution >= 0.6 is 0 Å². The molecule has 1 heterocycles. The van der Waals surface area contributed by atoms with Gasteiger partial charge in [0.15, 0.2) is 0 Å². The standard InChI is InChI=1S/C16H22N4O/c1-4-13-5-7-14(8-6-13)19-15-11-12(2)18-16(20-15)17-9-10-21-3/h5-8,11H,4,9-10H2,1-3H3,(H2,17,18,19,20). The zero-order valence-corrected chi connectivity index (χ0v) is 12.8. The number of benzene rings is 1. The molecule has 0 aliphatic carbocycles. The Bertz CT molecular complexity index is 569. The molecule has 0 aliphatic heterocycles. The first-order chi connectivity index (χ1) is 10.2. The fourth-order valence-electron chi connectivity index (χ4n) is 1.95. The number of hydrogen-bond donors (Lipinski definition) is 2. The second kappa shape index (κ2) is 7.59. The third-order valence-corrected chi connectivity index (χ3v) is 3.08. The van der Waals surface area contributed by atoms with Crippen LogP contribution < -0.4 is 10.6 Å². The molecule has 5 heteroatoms. The maximum atomic E-state index is 5.01. The minimum Gasteiger partial charge on any atom is -0.383 e. The van der Waals surface area contributed by atoms with E-state index in [1.165, 1.54) is 5.56 Å². The van der Waals surface area contributed by atoms with E-state index in [1.807, 2.05) is 13.0 Å². The van der Waals surface area contributed by atoms with Gasteiger partial charge in [0.1, 0.15) is 5.82 Å². The first kappa shape index (κ1) is 15.3. The van der Waals surface area contributed by atoms with Crippen LogP contribution in [0.4, 0.5) is 17.5 Å². The van der Waals surface area contributed by atoms with Crippen molar-refractivity contribution in [2.24, 2.45) is 0 Å². The first-order valence-electron chi connectivity index (χ1n) is 7.15. The normalized spacial score (nSPS) is 10.4. The van der Waals surface area contributed by atoms with Crippen molar-refractivity contribution in [2.75, 3.05) is 30.9 Å². The molecule has 0 saturated carbocycles. The number of aryl methyl sites for hydroxylation is 2. The van der Waals surface area contributed by atoms with Crippen molar-refractivity contribution in [3.8, 4) is 0 Å². The van der Waals surface area contributed by atoms with Crippen molar-refractivity contribution in [3.63, 3.8) is 0 Å². The summed E-state index contributed by atoms with van der Waals surface area (Å²) in [6.07, 6.45) is 1.04. The van der Waals surface area contributed by atoms with Crippen LogP contribution in [0, 0.1) is 6.92 Å². The largest absolute Gasteiger partial charge is 0.383 e. The first-order valence-corrected chi connectivity index (χ1v) is 7.15. The summed E-state index contributed by atoms with van der Waals surface area (Å²) < 4.78 is 5.01. The SMILES string of the molecule is CCc1ccc(Nc2cc(C)nc(NCCOC)n2)cc1. The van der Waals surface area contributed by atoms with Crippen molar-refractivity contribution < 1.29 is 4.74 Å². The van der Waals surface area contributed by atoms with Gasteiger partial charge >= 0.3 is 0 Å². The maximum Gasteiger partial charge on any atom is 0.224 e. The van der Waals surface area contributed by atoms with Crippen molar-refractivity contribution in [2.45, 2.75) is 20.3 Å². The molecule has 0 atom stereocenters. The molecular formula is C16H22N4O. The highest BCUT2D eigenvalue weighted by Crippen LogP contribution is 2.17. The third kappa shape index (κ3) is 4.72. The number of hydrogen-bond acceptors (Lipinski definition) is 5. The molecule has 0 saturated heterocycles. The lowest BCUT2D eigenvalue weighted by Crippen LogP contribution is -2.11. The number of anilines is 3. The Morgan fingerprint density at radius 2 is 1.90 bits per heavy atom. The molecule has 0 radical (unpaired) electrons. The van der Waals surface area contributed by atoms with Crippen LogP contribution in [0.5, 0.6) is 0 Å². The van der Waals surface area contributed by atoms with Gasteiger partial charge in [0.2, 0.25) is 5.95 Å². The molecule has 5 nitrogen and oxygen atoms in total. The third-order valence-electron chi connectivity index (χ3n) is 3.08. The van der Waals surface area contributed by atoms with Gasteiger partial charge in [-0.25, -0.2) is 4.98 Å². The second-order valence-electron chi connectivity index (χ2n) is 4.81. The molecule has 0 amide bonds. The molecule has 2 rings (SSSR count). The molecule has 21 heavy (non-hydrogen) atoms. The summed E-state index contributed by atoms with van der Waals surface area (Å²) in [7, 11) is 1.67. The molecule has 2 N–H and O–H groups in total. The van der Waals surface area contributed by atoms with E-state index in [1.54, 1.807) is 7.11 Å². The van der Waals surface area contributed by atoms with Crippen LogP contribution in [0.3, 0.4) is 0 Å². The molecule has 0 fully saturated rings. The zero-order valence-electron chi connectivity index (χ0n) is 12.8. The van der Waals surface area contributed by atoms with Crippen LogP contribution in [-0.2, 0) is 11.2 Å². The molecule has 0 spiro atoms. The predicted octanol–water partition coefficient (Wildman–Crippen LogP) is 3.15. The van der Waals surface area contributed by atoms with Crippen molar-refractivity contribution in [1.29, 1.82) is 0 Å². The number of methoxy groups -OCH3 is 1. The molecule has 0 aliphatic rings. The van der Waals surface area contributed by atoms with Crippen molar-refractivity contribution >= 4 is 17.5 Å². The maximum absolute atomic E-state index is 5.01. The van der Waals surface area contributed by atoms with Crippen LogP contribution in [0.2, 0.25) is 0 Å². The second-order valence-corrected chi connectivity index (χ2v) is 4.81. The van der Waals surface area contributed by atoms with Gasteiger partial charge in [0.25, 0.3) is 0 Å². The highest BCUT2D eigenvalue weighted by atomic mass is 16.5. The summed E-state index contributed by atoms with van der Waals surface area (Å²) in [4.78, 5) is 8.81. The summed E-state index contributed by atoms with van der Waals surface area (Å²) in [5.74, 6) is 1.39. The minimum absolute atomic E-state index is 0.611. The lowest BCUT2D eigenvalue weighted by Gasteiger charge is -2.10. The summed E-state index contributed by atoms with van der Waals surface area (Å²) in [6.45, 7) is 5.41. The lowest BCUT2D eigenvalue weighted by atomic mass is 10.1. The fourth-order valence-corrected chi connectivity index (χ4v) is 1.95. The average Bonchev–Trinajstić information content (AvgIpc) is 2.48. The van der Waals surface area contributed by atoms with Crippen molar-refractivity contribution in [3.05, 3.63) is 41.6 Å². The fraction of sp³-hybridized carbons (Fsp3) is 0.375. The van der Waals surface area contributed by atoms with Gasteiger partial charge < -0.3 is 15.4 Å². The highest BCUT2D eigenvalue weighted by molar-refractivity contribution is 5.57. The van der Waals surface area contributed by atoms with Crippen LogP contribution in [0.1, 0.15) is 18.2 Å². The van der Waals surface area contributed by atoms with E-state index in [-0.39, 0.29) is 0 Å². The van der Waals surface area contributed by atoms with Gasteiger partial charge in [-0.05, 0) is 31.0 Å². The van der Waals surface area contributed by atoms with Gasteiger partial charge in [0.05, 0.1) is 6.61 Å². The summed E-state index contributed by atoms with van der Waals surface area (Å²) >= 11 is 0. The molecule has 0 bridgehead atoms. The molecule has 0 unspecified atom stereocenters. The van der Waals surface area contributed by atoms with E-state index < -0.39 is 0 Å². The summed E-state index contributed by atoms with van der Waals surface area (Å²) in [6, 6.07) is 10.3. The van der Waals surface area contributed by atoms with Crippen LogP contribution in [0.15, 0.2) is 30.3 Å². The molecule has 1 aromatic heterocycles. The molecule has 1 aromatic carbocycles. The lowest BCUT2D eigenvalue weighted by molar-refractivity contribution is 0.210. The Labute approximate surface area is 125 Å². The quantitative estimate of drug-likeness (QED) is 0.766. The summed E-state index contributed by atoms with van der Waals surface area (Å²) in [5.41, 5.74) is 3.26. The van der Waals surface area contributed by atoms with Gasteiger partial charge in [-0.1, -0.05) is 19.1 Å². The molecular weight excluding hydrogens is 264 g/mol. The topological polar surface area (TPSA) is 59.1 Å². The van der Waals surface area contributed by atoms with Gasteiger partial charge in [-0.3, -0.25) is 0 Å². The Kier molecular flexibility index (Phi) is 5.51. The number of nitrogens with one attached hydrogen (secondary N) is 2. The summed E-state index contributed by atoms with van der Waals surface area (Å²) in [5, 5.41) is 6.45. The smallest absolute Gasteiger partial charge is 0.224 e. The van der Waals surface area contributed by atoms with Crippen molar-refractivity contribution in [1.82, 2.24) is 9.97 Å². The Morgan fingerprint density at radius 1 is 1.14 bits per heavy atom. The average molecular weight is 286 g/mol. The van der Waals surface area contributed by atoms with Crippen LogP contribution in [0.25, 0.3) is 0 Å². The highest BCUT2D eigenvalue weighted by Gasteiger charge is 2.02. The minimum atomic E-state index is 0.611. The molecule has 2 aromatic rings. The van der Waals surface area contributed by atoms with E-state index >= 15 is 0 Å². The van der Waals surface area contributed by atoms with E-state index in [9.17, 15) is 0 Å². The number of nitrogens with zero attached hydrogens (tertiary/aromatic N) is 2.